The van der Waals surface area contributed by atoms with Crippen molar-refractivity contribution < 1.29 is 14.0 Å². The van der Waals surface area contributed by atoms with Crippen LogP contribution in [-0.2, 0) is 11.3 Å². The van der Waals surface area contributed by atoms with Crippen LogP contribution in [0.4, 0.5) is 9.18 Å². The average molecular weight is 606 g/mol. The van der Waals surface area contributed by atoms with Crippen LogP contribution in [0.25, 0.3) is 5.69 Å². The van der Waals surface area contributed by atoms with E-state index in [2.05, 4.69) is 36.9 Å². The average Bonchev–Trinajstić information content (AvgIpc) is 3.38. The van der Waals surface area contributed by atoms with Crippen LogP contribution in [0.3, 0.4) is 0 Å². The van der Waals surface area contributed by atoms with E-state index >= 15 is 0 Å². The lowest BCUT2D eigenvalue weighted by molar-refractivity contribution is -0.137. The van der Waals surface area contributed by atoms with Crippen molar-refractivity contribution in [3.05, 3.63) is 75.2 Å². The highest BCUT2D eigenvalue weighted by molar-refractivity contribution is 9.10. The van der Waals surface area contributed by atoms with E-state index in [0.29, 0.717) is 18.0 Å². The third-order valence-electron chi connectivity index (χ3n) is 6.79. The first-order chi connectivity index (χ1) is 18.2. The number of urea groups is 1. The molecule has 1 aromatic heterocycles. The van der Waals surface area contributed by atoms with Crippen LogP contribution in [0.15, 0.2) is 53.1 Å². The Morgan fingerprint density at radius 1 is 1.24 bits per heavy atom. The summed E-state index contributed by atoms with van der Waals surface area (Å²) in [5, 5.41) is 14.8. The Morgan fingerprint density at radius 2 is 2.00 bits per heavy atom. The number of nitrogens with one attached hydrogen (secondary N) is 2. The number of halogens is 3. The first-order valence-electron chi connectivity index (χ1n) is 12.7. The zero-order valence-corrected chi connectivity index (χ0v) is 23.7. The second-order valence-corrected chi connectivity index (χ2v) is 10.9. The zero-order chi connectivity index (χ0) is 27.2. The molecule has 0 saturated carbocycles. The Morgan fingerprint density at radius 3 is 2.68 bits per heavy atom. The number of likely N-dealkylation sites (tertiary alicyclic amines) is 1. The Hall–Kier alpha value is -2.98. The Balaban J connectivity index is 1.34. The zero-order valence-electron chi connectivity index (χ0n) is 21.3. The van der Waals surface area contributed by atoms with Crippen molar-refractivity contribution in [3.63, 3.8) is 0 Å². The normalized spacial score (nSPS) is 18.2. The van der Waals surface area contributed by atoms with Crippen molar-refractivity contribution in [3.8, 4) is 5.69 Å². The van der Waals surface area contributed by atoms with Crippen LogP contribution >= 0.6 is 27.5 Å². The maximum absolute atomic E-state index is 13.4. The summed E-state index contributed by atoms with van der Waals surface area (Å²) >= 11 is 9.79. The van der Waals surface area contributed by atoms with Crippen molar-refractivity contribution in [2.24, 2.45) is 0 Å². The molecule has 4 rings (SSSR count). The standard InChI is InChI=1S/C27H31BrClFN6O2/c1-3-4-23(32-27(38)31-15-18-5-8-21(30)9-6-18)26(37)35-12-11-19(13-17(35)2)24-16-36(34-33-24)25-10-7-20(28)14-22(25)29/h5-10,14,16-17,19,23H,3-4,11-13,15H2,1-2H3,(H2,31,32,38). The number of piperidine rings is 1. The first-order valence-corrected chi connectivity index (χ1v) is 13.9. The van der Waals surface area contributed by atoms with E-state index in [0.717, 1.165) is 40.7 Å². The quantitative estimate of drug-likeness (QED) is 0.351. The summed E-state index contributed by atoms with van der Waals surface area (Å²) in [6.07, 6.45) is 4.68. The SMILES string of the molecule is CCCC(NC(=O)NCc1ccc(F)cc1)C(=O)N1CCC(c2cn(-c3ccc(Br)cc3Cl)nn2)CC1C. The van der Waals surface area contributed by atoms with E-state index in [9.17, 15) is 14.0 Å². The summed E-state index contributed by atoms with van der Waals surface area (Å²) in [4.78, 5) is 27.8. The lowest BCUT2D eigenvalue weighted by atomic mass is 9.88. The van der Waals surface area contributed by atoms with Crippen LogP contribution in [0.2, 0.25) is 5.02 Å². The third-order valence-corrected chi connectivity index (χ3v) is 7.59. The molecule has 1 fully saturated rings. The predicted molar refractivity (Wildman–Crippen MR) is 148 cm³/mol. The van der Waals surface area contributed by atoms with E-state index in [1.54, 1.807) is 16.8 Å². The number of amides is 3. The van der Waals surface area contributed by atoms with Crippen LogP contribution in [-0.4, -0.2) is 50.5 Å². The third kappa shape index (κ3) is 6.91. The Bertz CT molecular complexity index is 1270. The van der Waals surface area contributed by atoms with Gasteiger partial charge in [0.1, 0.15) is 11.9 Å². The Labute approximate surface area is 235 Å². The molecule has 38 heavy (non-hydrogen) atoms. The van der Waals surface area contributed by atoms with E-state index in [1.165, 1.54) is 12.1 Å². The fourth-order valence-electron chi connectivity index (χ4n) is 4.76. The van der Waals surface area contributed by atoms with Crippen molar-refractivity contribution in [1.82, 2.24) is 30.5 Å². The van der Waals surface area contributed by atoms with Gasteiger partial charge in [0.05, 0.1) is 22.6 Å². The smallest absolute Gasteiger partial charge is 0.315 e. The topological polar surface area (TPSA) is 92.2 Å². The van der Waals surface area contributed by atoms with E-state index in [1.807, 2.05) is 43.1 Å². The highest BCUT2D eigenvalue weighted by Gasteiger charge is 2.34. The number of rotatable bonds is 8. The minimum absolute atomic E-state index is 0.0221. The van der Waals surface area contributed by atoms with Gasteiger partial charge < -0.3 is 15.5 Å². The molecule has 1 aliphatic heterocycles. The van der Waals surface area contributed by atoms with Gasteiger partial charge in [-0.15, -0.1) is 5.10 Å². The van der Waals surface area contributed by atoms with Gasteiger partial charge in [-0.25, -0.2) is 13.9 Å². The van der Waals surface area contributed by atoms with Crippen molar-refractivity contribution in [2.75, 3.05) is 6.54 Å². The van der Waals surface area contributed by atoms with Gasteiger partial charge >= 0.3 is 6.03 Å². The molecule has 1 saturated heterocycles. The molecule has 0 aliphatic carbocycles. The van der Waals surface area contributed by atoms with Crippen LogP contribution in [0, 0.1) is 5.82 Å². The maximum atomic E-state index is 13.4. The molecule has 3 unspecified atom stereocenters. The maximum Gasteiger partial charge on any atom is 0.315 e. The number of benzene rings is 2. The molecule has 2 aromatic carbocycles. The van der Waals surface area contributed by atoms with E-state index in [-0.39, 0.29) is 30.2 Å². The summed E-state index contributed by atoms with van der Waals surface area (Å²) in [5.74, 6) is -0.253. The predicted octanol–water partition coefficient (Wildman–Crippen LogP) is 5.58. The van der Waals surface area contributed by atoms with Gasteiger partial charge in [-0.3, -0.25) is 4.79 Å². The summed E-state index contributed by atoms with van der Waals surface area (Å²) < 4.78 is 15.7. The molecule has 202 valence electrons. The summed E-state index contributed by atoms with van der Waals surface area (Å²) in [6, 6.07) is 10.5. The number of hydrogen-bond acceptors (Lipinski definition) is 4. The first kappa shape index (κ1) is 28.0. The molecule has 3 atom stereocenters. The Kier molecular flexibility index (Phi) is 9.38. The molecule has 2 heterocycles. The van der Waals surface area contributed by atoms with Gasteiger partial charge in [0.15, 0.2) is 0 Å². The molecular weight excluding hydrogens is 575 g/mol. The lowest BCUT2D eigenvalue weighted by Crippen LogP contribution is -2.54. The summed E-state index contributed by atoms with van der Waals surface area (Å²) in [7, 11) is 0. The molecule has 0 radical (unpaired) electrons. The molecule has 11 heteroatoms. The summed E-state index contributed by atoms with van der Waals surface area (Å²) in [6.45, 7) is 4.81. The summed E-state index contributed by atoms with van der Waals surface area (Å²) in [5.41, 5.74) is 2.39. The van der Waals surface area contributed by atoms with Gasteiger partial charge in [-0.05, 0) is 62.1 Å². The van der Waals surface area contributed by atoms with Gasteiger partial charge in [0, 0.05) is 29.5 Å². The minimum atomic E-state index is -0.618. The highest BCUT2D eigenvalue weighted by Crippen LogP contribution is 2.32. The second kappa shape index (κ2) is 12.7. The molecule has 3 amide bonds. The fourth-order valence-corrected chi connectivity index (χ4v) is 5.52. The van der Waals surface area contributed by atoms with Crippen LogP contribution in [0.1, 0.15) is 56.7 Å². The van der Waals surface area contributed by atoms with Crippen LogP contribution < -0.4 is 10.6 Å². The number of nitrogens with zero attached hydrogens (tertiary/aromatic N) is 4. The van der Waals surface area contributed by atoms with E-state index < -0.39 is 12.1 Å². The fraction of sp³-hybridized carbons (Fsp3) is 0.407. The largest absolute Gasteiger partial charge is 0.338 e. The molecule has 1 aliphatic rings. The molecule has 3 aromatic rings. The van der Waals surface area contributed by atoms with Crippen molar-refractivity contribution >= 4 is 39.5 Å². The number of carbonyl (C=O) groups excluding carboxylic acids is 2. The molecule has 0 spiro atoms. The van der Waals surface area contributed by atoms with Crippen LogP contribution in [0.5, 0.6) is 0 Å². The number of aromatic nitrogens is 3. The van der Waals surface area contributed by atoms with Gasteiger partial charge in [0.25, 0.3) is 0 Å². The highest BCUT2D eigenvalue weighted by atomic mass is 79.9. The molecule has 0 bridgehead atoms. The number of carbonyl (C=O) groups is 2. The second-order valence-electron chi connectivity index (χ2n) is 9.58. The minimum Gasteiger partial charge on any atom is -0.338 e. The van der Waals surface area contributed by atoms with Crippen molar-refractivity contribution in [1.29, 1.82) is 0 Å². The molecule has 2 N–H and O–H groups in total. The monoisotopic (exact) mass is 604 g/mol. The number of hydrogen-bond donors (Lipinski definition) is 2. The van der Waals surface area contributed by atoms with Gasteiger partial charge in [-0.1, -0.05) is 58.2 Å². The molecular formula is C27H31BrClFN6O2. The lowest BCUT2D eigenvalue weighted by Gasteiger charge is -2.39. The van der Waals surface area contributed by atoms with Crippen molar-refractivity contribution in [2.45, 2.75) is 64.1 Å². The van der Waals surface area contributed by atoms with E-state index in [4.69, 9.17) is 11.6 Å². The van der Waals surface area contributed by atoms with Gasteiger partial charge in [0.2, 0.25) is 5.91 Å². The molecule has 8 nitrogen and oxygen atoms in total. The van der Waals surface area contributed by atoms with Gasteiger partial charge in [-0.2, -0.15) is 0 Å².